The molecule has 0 saturated carbocycles. The second-order valence-corrected chi connectivity index (χ2v) is 4.13. The standard InChI is InChI=1S/C10H11BrN4/c1-7-10(6-12)13-14-15(7)9-4-2-8(11)3-5-9/h2-5H,6,12H2,1H3. The highest BCUT2D eigenvalue weighted by Crippen LogP contribution is 2.15. The normalized spacial score (nSPS) is 10.6. The Morgan fingerprint density at radius 2 is 2.00 bits per heavy atom. The van der Waals surface area contributed by atoms with Crippen molar-refractivity contribution in [1.29, 1.82) is 0 Å². The van der Waals surface area contributed by atoms with Gasteiger partial charge in [0.05, 0.1) is 17.1 Å². The number of benzene rings is 1. The molecular formula is C10H11BrN4. The molecule has 5 heteroatoms. The van der Waals surface area contributed by atoms with Gasteiger partial charge >= 0.3 is 0 Å². The molecule has 0 saturated heterocycles. The number of halogens is 1. The first-order valence-corrected chi connectivity index (χ1v) is 5.39. The van der Waals surface area contributed by atoms with Gasteiger partial charge in [0.15, 0.2) is 0 Å². The zero-order chi connectivity index (χ0) is 10.8. The molecule has 0 amide bonds. The van der Waals surface area contributed by atoms with Crippen LogP contribution in [-0.4, -0.2) is 15.0 Å². The van der Waals surface area contributed by atoms with E-state index in [0.29, 0.717) is 6.54 Å². The van der Waals surface area contributed by atoms with E-state index < -0.39 is 0 Å². The molecule has 78 valence electrons. The van der Waals surface area contributed by atoms with Crippen molar-refractivity contribution in [3.05, 3.63) is 40.1 Å². The molecule has 2 aromatic rings. The van der Waals surface area contributed by atoms with Gasteiger partial charge in [-0.2, -0.15) is 0 Å². The minimum atomic E-state index is 0.419. The van der Waals surface area contributed by atoms with Crippen molar-refractivity contribution in [2.45, 2.75) is 13.5 Å². The average Bonchev–Trinajstić information content (AvgIpc) is 2.61. The van der Waals surface area contributed by atoms with Crippen molar-refractivity contribution < 1.29 is 0 Å². The quantitative estimate of drug-likeness (QED) is 0.902. The Morgan fingerprint density at radius 3 is 2.53 bits per heavy atom. The highest BCUT2D eigenvalue weighted by molar-refractivity contribution is 9.10. The third kappa shape index (κ3) is 1.93. The van der Waals surface area contributed by atoms with Crippen molar-refractivity contribution in [2.75, 3.05) is 0 Å². The summed E-state index contributed by atoms with van der Waals surface area (Å²) in [6.45, 7) is 2.38. The maximum Gasteiger partial charge on any atom is 0.0996 e. The van der Waals surface area contributed by atoms with Gasteiger partial charge < -0.3 is 5.73 Å². The van der Waals surface area contributed by atoms with Gasteiger partial charge in [0.1, 0.15) is 0 Å². The molecule has 0 bridgehead atoms. The molecule has 0 spiro atoms. The minimum absolute atomic E-state index is 0.419. The molecule has 0 aliphatic heterocycles. The first kappa shape index (κ1) is 10.3. The van der Waals surface area contributed by atoms with E-state index in [-0.39, 0.29) is 0 Å². The topological polar surface area (TPSA) is 56.7 Å². The molecule has 1 aromatic carbocycles. The predicted molar refractivity (Wildman–Crippen MR) is 61.7 cm³/mol. The van der Waals surface area contributed by atoms with Crippen LogP contribution < -0.4 is 5.73 Å². The number of aromatic nitrogens is 3. The molecule has 0 atom stereocenters. The Labute approximate surface area is 96.2 Å². The van der Waals surface area contributed by atoms with Gasteiger partial charge in [-0.05, 0) is 31.2 Å². The van der Waals surface area contributed by atoms with Crippen molar-refractivity contribution in [2.24, 2.45) is 5.73 Å². The Morgan fingerprint density at radius 1 is 1.33 bits per heavy atom. The van der Waals surface area contributed by atoms with Gasteiger partial charge in [-0.25, -0.2) is 4.68 Å². The van der Waals surface area contributed by atoms with E-state index >= 15 is 0 Å². The fourth-order valence-corrected chi connectivity index (χ4v) is 1.64. The molecule has 0 fully saturated rings. The van der Waals surface area contributed by atoms with Crippen LogP contribution >= 0.6 is 15.9 Å². The van der Waals surface area contributed by atoms with Crippen LogP contribution in [0.4, 0.5) is 0 Å². The van der Waals surface area contributed by atoms with E-state index in [4.69, 9.17) is 5.73 Å². The van der Waals surface area contributed by atoms with Crippen LogP contribution in [0.2, 0.25) is 0 Å². The number of hydrogen-bond acceptors (Lipinski definition) is 3. The monoisotopic (exact) mass is 266 g/mol. The molecule has 0 aliphatic carbocycles. The maximum absolute atomic E-state index is 5.54. The number of rotatable bonds is 2. The Hall–Kier alpha value is -1.20. The van der Waals surface area contributed by atoms with Crippen LogP contribution in [0.25, 0.3) is 5.69 Å². The van der Waals surface area contributed by atoms with Crippen molar-refractivity contribution in [3.63, 3.8) is 0 Å². The largest absolute Gasteiger partial charge is 0.325 e. The summed E-state index contributed by atoms with van der Waals surface area (Å²) in [5, 5.41) is 8.07. The molecule has 2 rings (SSSR count). The van der Waals surface area contributed by atoms with Crippen LogP contribution in [0.5, 0.6) is 0 Å². The Bertz CT molecular complexity index is 461. The van der Waals surface area contributed by atoms with Gasteiger partial charge in [-0.15, -0.1) is 5.10 Å². The van der Waals surface area contributed by atoms with Crippen LogP contribution in [-0.2, 0) is 6.54 Å². The lowest BCUT2D eigenvalue weighted by Crippen LogP contribution is -2.01. The van der Waals surface area contributed by atoms with Gasteiger partial charge in [0, 0.05) is 11.0 Å². The third-order valence-electron chi connectivity index (χ3n) is 2.25. The second-order valence-electron chi connectivity index (χ2n) is 3.21. The predicted octanol–water partition coefficient (Wildman–Crippen LogP) is 1.80. The fraction of sp³-hybridized carbons (Fsp3) is 0.200. The molecule has 1 heterocycles. The fourth-order valence-electron chi connectivity index (χ4n) is 1.38. The minimum Gasteiger partial charge on any atom is -0.325 e. The summed E-state index contributed by atoms with van der Waals surface area (Å²) >= 11 is 3.39. The van der Waals surface area contributed by atoms with E-state index in [0.717, 1.165) is 21.5 Å². The maximum atomic E-state index is 5.54. The summed E-state index contributed by atoms with van der Waals surface area (Å²) in [7, 11) is 0. The average molecular weight is 267 g/mol. The first-order valence-electron chi connectivity index (χ1n) is 4.59. The zero-order valence-corrected chi connectivity index (χ0v) is 9.90. The van der Waals surface area contributed by atoms with Gasteiger partial charge in [-0.3, -0.25) is 0 Å². The lowest BCUT2D eigenvalue weighted by atomic mass is 10.3. The molecule has 2 N–H and O–H groups in total. The molecule has 0 unspecified atom stereocenters. The van der Waals surface area contributed by atoms with E-state index in [1.54, 1.807) is 4.68 Å². The van der Waals surface area contributed by atoms with Crippen LogP contribution in [0.3, 0.4) is 0 Å². The second kappa shape index (κ2) is 4.12. The smallest absolute Gasteiger partial charge is 0.0996 e. The Kier molecular flexibility index (Phi) is 2.83. The lowest BCUT2D eigenvalue weighted by Gasteiger charge is -2.02. The summed E-state index contributed by atoms with van der Waals surface area (Å²) in [5.41, 5.74) is 8.35. The molecule has 0 aliphatic rings. The third-order valence-corrected chi connectivity index (χ3v) is 2.78. The summed E-state index contributed by atoms with van der Waals surface area (Å²) in [5.74, 6) is 0. The number of nitrogens with two attached hydrogens (primary N) is 1. The first-order chi connectivity index (χ1) is 7.22. The molecule has 4 nitrogen and oxygen atoms in total. The van der Waals surface area contributed by atoms with Crippen LogP contribution in [0.1, 0.15) is 11.4 Å². The van der Waals surface area contributed by atoms with Crippen LogP contribution in [0.15, 0.2) is 28.7 Å². The zero-order valence-electron chi connectivity index (χ0n) is 8.31. The summed E-state index contributed by atoms with van der Waals surface area (Å²) < 4.78 is 2.83. The van der Waals surface area contributed by atoms with E-state index in [2.05, 4.69) is 26.2 Å². The summed E-state index contributed by atoms with van der Waals surface area (Å²) in [4.78, 5) is 0. The van der Waals surface area contributed by atoms with Crippen molar-refractivity contribution in [3.8, 4) is 5.69 Å². The van der Waals surface area contributed by atoms with E-state index in [1.807, 2.05) is 31.2 Å². The molecule has 0 radical (unpaired) electrons. The van der Waals surface area contributed by atoms with Crippen molar-refractivity contribution >= 4 is 15.9 Å². The van der Waals surface area contributed by atoms with Crippen LogP contribution in [0, 0.1) is 6.92 Å². The van der Waals surface area contributed by atoms with E-state index in [1.165, 1.54) is 0 Å². The molecule has 1 aromatic heterocycles. The molecular weight excluding hydrogens is 256 g/mol. The molecule has 15 heavy (non-hydrogen) atoms. The van der Waals surface area contributed by atoms with Gasteiger partial charge in [-0.1, -0.05) is 21.1 Å². The number of nitrogens with zero attached hydrogens (tertiary/aromatic N) is 3. The summed E-state index contributed by atoms with van der Waals surface area (Å²) in [6, 6.07) is 7.90. The Balaban J connectivity index is 2.45. The van der Waals surface area contributed by atoms with E-state index in [9.17, 15) is 0 Å². The van der Waals surface area contributed by atoms with Crippen molar-refractivity contribution in [1.82, 2.24) is 15.0 Å². The van der Waals surface area contributed by atoms with Gasteiger partial charge in [0.25, 0.3) is 0 Å². The van der Waals surface area contributed by atoms with Gasteiger partial charge in [0.2, 0.25) is 0 Å². The lowest BCUT2D eigenvalue weighted by molar-refractivity contribution is 0.782. The SMILES string of the molecule is Cc1c(CN)nnn1-c1ccc(Br)cc1. The highest BCUT2D eigenvalue weighted by atomic mass is 79.9. The summed E-state index contributed by atoms with van der Waals surface area (Å²) in [6.07, 6.45) is 0. The highest BCUT2D eigenvalue weighted by Gasteiger charge is 2.07. The number of hydrogen-bond donors (Lipinski definition) is 1.